The van der Waals surface area contributed by atoms with Crippen molar-refractivity contribution in [1.82, 2.24) is 4.90 Å². The molecule has 0 aliphatic carbocycles. The van der Waals surface area contributed by atoms with Gasteiger partial charge in [-0.05, 0) is 55.3 Å². The molecule has 0 bridgehead atoms. The third-order valence-electron chi connectivity index (χ3n) is 5.11. The summed E-state index contributed by atoms with van der Waals surface area (Å²) in [4.78, 5) is 14.5. The summed E-state index contributed by atoms with van der Waals surface area (Å²) in [5.41, 5.74) is 4.35. The molecular weight excluding hydrogens is 362 g/mol. The van der Waals surface area contributed by atoms with Crippen molar-refractivity contribution in [1.29, 1.82) is 0 Å². The van der Waals surface area contributed by atoms with Gasteiger partial charge >= 0.3 is 0 Å². The van der Waals surface area contributed by atoms with Crippen molar-refractivity contribution in [2.75, 3.05) is 37.8 Å². The van der Waals surface area contributed by atoms with Crippen molar-refractivity contribution in [2.45, 2.75) is 45.1 Å². The summed E-state index contributed by atoms with van der Waals surface area (Å²) in [5.74, 6) is 0.854. The number of carbonyl (C=O) groups excluding carboxylic acids is 1. The molecule has 0 aromatic heterocycles. The van der Waals surface area contributed by atoms with Crippen LogP contribution in [-0.4, -0.2) is 44.1 Å². The molecule has 1 aliphatic rings. The van der Waals surface area contributed by atoms with Crippen molar-refractivity contribution in [3.8, 4) is 5.75 Å². The quantitative estimate of drug-likeness (QED) is 0.766. The average molecular weight is 396 g/mol. The van der Waals surface area contributed by atoms with E-state index in [2.05, 4.69) is 60.6 Å². The number of fused-ring (bicyclic) bond motifs is 1. The summed E-state index contributed by atoms with van der Waals surface area (Å²) in [5, 5.41) is 6.40. The number of nitrogens with one attached hydrogen (secondary N) is 2. The van der Waals surface area contributed by atoms with E-state index in [0.29, 0.717) is 6.42 Å². The van der Waals surface area contributed by atoms with Crippen LogP contribution in [0.3, 0.4) is 0 Å². The van der Waals surface area contributed by atoms with Crippen LogP contribution in [0.15, 0.2) is 42.5 Å². The highest BCUT2D eigenvalue weighted by atomic mass is 16.5. The molecule has 1 unspecified atom stereocenters. The maximum absolute atomic E-state index is 12.4. The number of benzene rings is 2. The number of hydrogen-bond acceptors (Lipinski definition) is 4. The molecule has 29 heavy (non-hydrogen) atoms. The van der Waals surface area contributed by atoms with E-state index in [4.69, 9.17) is 4.74 Å². The number of hydrogen-bond donors (Lipinski definition) is 2. The van der Waals surface area contributed by atoms with Crippen LogP contribution >= 0.6 is 0 Å². The molecule has 0 radical (unpaired) electrons. The highest BCUT2D eigenvalue weighted by Crippen LogP contribution is 2.32. The lowest BCUT2D eigenvalue weighted by Gasteiger charge is -2.29. The SMILES string of the molecule is CN(C)CC1CNc2cc(NC(=O)CCc3ccc(C(C)(C)C)cc3)ccc2O1. The zero-order valence-corrected chi connectivity index (χ0v) is 18.2. The van der Waals surface area contributed by atoms with Gasteiger partial charge in [0.05, 0.1) is 12.2 Å². The lowest BCUT2D eigenvalue weighted by molar-refractivity contribution is -0.116. The molecule has 0 fully saturated rings. The second-order valence-electron chi connectivity index (χ2n) is 9.09. The Morgan fingerprint density at radius 2 is 1.90 bits per heavy atom. The Bertz CT molecular complexity index is 838. The highest BCUT2D eigenvalue weighted by molar-refractivity contribution is 5.91. The van der Waals surface area contributed by atoms with Gasteiger partial charge in [-0.3, -0.25) is 4.79 Å². The molecule has 5 heteroatoms. The molecule has 0 spiro atoms. The maximum Gasteiger partial charge on any atom is 0.224 e. The zero-order valence-electron chi connectivity index (χ0n) is 18.2. The minimum Gasteiger partial charge on any atom is -0.485 e. The van der Waals surface area contributed by atoms with Crippen LogP contribution in [0.4, 0.5) is 11.4 Å². The van der Waals surface area contributed by atoms with E-state index in [-0.39, 0.29) is 17.4 Å². The second-order valence-corrected chi connectivity index (χ2v) is 9.09. The van der Waals surface area contributed by atoms with Gasteiger partial charge in [-0.2, -0.15) is 0 Å². The van der Waals surface area contributed by atoms with E-state index >= 15 is 0 Å². The number of rotatable bonds is 6. The number of likely N-dealkylation sites (N-methyl/N-ethyl adjacent to an activating group) is 1. The van der Waals surface area contributed by atoms with E-state index in [1.54, 1.807) is 0 Å². The van der Waals surface area contributed by atoms with E-state index in [1.165, 1.54) is 11.1 Å². The highest BCUT2D eigenvalue weighted by Gasteiger charge is 2.20. The van der Waals surface area contributed by atoms with E-state index in [0.717, 1.165) is 36.6 Å². The van der Waals surface area contributed by atoms with Gasteiger partial charge < -0.3 is 20.3 Å². The van der Waals surface area contributed by atoms with Crippen LogP contribution < -0.4 is 15.4 Å². The Labute approximate surface area is 174 Å². The van der Waals surface area contributed by atoms with Crippen LogP contribution in [0.25, 0.3) is 0 Å². The van der Waals surface area contributed by atoms with Crippen molar-refractivity contribution in [3.05, 3.63) is 53.6 Å². The first-order chi connectivity index (χ1) is 13.7. The summed E-state index contributed by atoms with van der Waals surface area (Å²) >= 11 is 0. The smallest absolute Gasteiger partial charge is 0.224 e. The largest absolute Gasteiger partial charge is 0.485 e. The molecule has 5 nitrogen and oxygen atoms in total. The molecule has 1 atom stereocenters. The Morgan fingerprint density at radius 1 is 1.17 bits per heavy atom. The molecule has 156 valence electrons. The molecule has 0 saturated carbocycles. The minimum atomic E-state index is 0.0204. The fraction of sp³-hybridized carbons (Fsp3) is 0.458. The van der Waals surface area contributed by atoms with Gasteiger partial charge in [0.15, 0.2) is 0 Å². The number of carbonyl (C=O) groups is 1. The third-order valence-corrected chi connectivity index (χ3v) is 5.11. The summed E-state index contributed by atoms with van der Waals surface area (Å²) in [6.07, 6.45) is 1.32. The lowest BCUT2D eigenvalue weighted by atomic mass is 9.86. The fourth-order valence-electron chi connectivity index (χ4n) is 3.46. The molecule has 2 aromatic carbocycles. The molecule has 2 aromatic rings. The van der Waals surface area contributed by atoms with Crippen LogP contribution in [0, 0.1) is 0 Å². The first kappa shape index (κ1) is 21.2. The summed E-state index contributed by atoms with van der Waals surface area (Å²) in [6.45, 7) is 8.23. The Balaban J connectivity index is 1.52. The van der Waals surface area contributed by atoms with Gasteiger partial charge in [0.2, 0.25) is 5.91 Å². The number of anilines is 2. The predicted molar refractivity (Wildman–Crippen MR) is 120 cm³/mol. The third kappa shape index (κ3) is 5.97. The van der Waals surface area contributed by atoms with Gasteiger partial charge in [-0.1, -0.05) is 45.0 Å². The summed E-state index contributed by atoms with van der Waals surface area (Å²) < 4.78 is 6.02. The minimum absolute atomic E-state index is 0.0204. The topological polar surface area (TPSA) is 53.6 Å². The first-order valence-electron chi connectivity index (χ1n) is 10.3. The Kier molecular flexibility index (Phi) is 6.48. The van der Waals surface area contributed by atoms with Gasteiger partial charge in [0.25, 0.3) is 0 Å². The first-order valence-corrected chi connectivity index (χ1v) is 10.3. The van der Waals surface area contributed by atoms with E-state index < -0.39 is 0 Å². The lowest BCUT2D eigenvalue weighted by Crippen LogP contribution is -2.39. The van der Waals surface area contributed by atoms with Crippen molar-refractivity contribution < 1.29 is 9.53 Å². The number of amides is 1. The normalized spacial score (nSPS) is 16.0. The predicted octanol–water partition coefficient (Wildman–Crippen LogP) is 4.29. The van der Waals surface area contributed by atoms with Gasteiger partial charge in [-0.15, -0.1) is 0 Å². The van der Waals surface area contributed by atoms with E-state index in [1.807, 2.05) is 32.3 Å². The molecule has 1 aliphatic heterocycles. The summed E-state index contributed by atoms with van der Waals surface area (Å²) in [7, 11) is 4.08. The van der Waals surface area contributed by atoms with Crippen molar-refractivity contribution >= 4 is 17.3 Å². The number of ether oxygens (including phenoxy) is 1. The second kappa shape index (κ2) is 8.87. The standard InChI is InChI=1S/C24H33N3O2/c1-24(2,3)18-9-6-17(7-10-18)8-13-23(28)26-19-11-12-22-21(14-19)25-15-20(29-22)16-27(4)5/h6-7,9-12,14,20,25H,8,13,15-16H2,1-5H3,(H,26,28). The van der Waals surface area contributed by atoms with Crippen molar-refractivity contribution in [3.63, 3.8) is 0 Å². The van der Waals surface area contributed by atoms with E-state index in [9.17, 15) is 4.79 Å². The molecule has 1 heterocycles. The van der Waals surface area contributed by atoms with Crippen LogP contribution in [0.5, 0.6) is 5.75 Å². The molecule has 2 N–H and O–H groups in total. The average Bonchev–Trinajstić information content (AvgIpc) is 2.65. The fourth-order valence-corrected chi connectivity index (χ4v) is 3.46. The zero-order chi connectivity index (χ0) is 21.0. The van der Waals surface area contributed by atoms with Gasteiger partial charge in [0, 0.05) is 18.7 Å². The van der Waals surface area contributed by atoms with Gasteiger partial charge in [0.1, 0.15) is 11.9 Å². The molecule has 0 saturated heterocycles. The molecule has 1 amide bonds. The van der Waals surface area contributed by atoms with Crippen LogP contribution in [0.2, 0.25) is 0 Å². The molecular formula is C24H33N3O2. The Morgan fingerprint density at radius 3 is 2.55 bits per heavy atom. The number of aryl methyl sites for hydroxylation is 1. The van der Waals surface area contributed by atoms with Crippen LogP contribution in [-0.2, 0) is 16.6 Å². The molecule has 3 rings (SSSR count). The Hall–Kier alpha value is -2.53. The monoisotopic (exact) mass is 395 g/mol. The van der Waals surface area contributed by atoms with Crippen LogP contribution in [0.1, 0.15) is 38.3 Å². The maximum atomic E-state index is 12.4. The van der Waals surface area contributed by atoms with Crippen molar-refractivity contribution in [2.24, 2.45) is 0 Å². The number of nitrogens with zero attached hydrogens (tertiary/aromatic N) is 1. The summed E-state index contributed by atoms with van der Waals surface area (Å²) in [6, 6.07) is 14.3. The van der Waals surface area contributed by atoms with Gasteiger partial charge in [-0.25, -0.2) is 0 Å².